The van der Waals surface area contributed by atoms with E-state index in [1.165, 1.54) is 12.1 Å². The Morgan fingerprint density at radius 3 is 2.81 bits per heavy atom. The van der Waals surface area contributed by atoms with Gasteiger partial charge in [-0.25, -0.2) is 9.37 Å². The smallest absolute Gasteiger partial charge is 0.125 e. The minimum atomic E-state index is -0.270. The second kappa shape index (κ2) is 5.78. The second-order valence-corrected chi connectivity index (χ2v) is 6.16. The Bertz CT molecular complexity index is 813. The fourth-order valence-electron chi connectivity index (χ4n) is 2.44. The zero-order valence-corrected chi connectivity index (χ0v) is 13.7. The third kappa shape index (κ3) is 2.70. The van der Waals surface area contributed by atoms with Crippen LogP contribution in [0.5, 0.6) is 0 Å². The van der Waals surface area contributed by atoms with Crippen LogP contribution >= 0.6 is 27.5 Å². The molecule has 0 radical (unpaired) electrons. The predicted octanol–water partition coefficient (Wildman–Crippen LogP) is 5.02. The van der Waals surface area contributed by atoms with Gasteiger partial charge in [-0.05, 0) is 36.8 Å². The van der Waals surface area contributed by atoms with Gasteiger partial charge in [-0.1, -0.05) is 22.0 Å². The number of halogens is 3. The first-order valence-electron chi connectivity index (χ1n) is 6.59. The maximum Gasteiger partial charge on any atom is 0.125 e. The Hall–Kier alpha value is -1.39. The molecule has 21 heavy (non-hydrogen) atoms. The summed E-state index contributed by atoms with van der Waals surface area (Å²) in [5.41, 5.74) is 3.61. The average molecular weight is 368 g/mol. The Morgan fingerprint density at radius 1 is 1.24 bits per heavy atom. The summed E-state index contributed by atoms with van der Waals surface area (Å²) in [6.07, 6.45) is 0.629. The van der Waals surface area contributed by atoms with Gasteiger partial charge in [0.05, 0.1) is 16.7 Å². The quantitative estimate of drug-likeness (QED) is 0.595. The zero-order chi connectivity index (χ0) is 15.0. The molecule has 0 aliphatic heterocycles. The Morgan fingerprint density at radius 2 is 2.05 bits per heavy atom. The van der Waals surface area contributed by atoms with E-state index in [2.05, 4.69) is 20.9 Å². The van der Waals surface area contributed by atoms with E-state index in [1.54, 1.807) is 6.07 Å². The Balaban J connectivity index is 2.35. The van der Waals surface area contributed by atoms with Crippen LogP contribution in [-0.2, 0) is 6.42 Å². The van der Waals surface area contributed by atoms with Crippen LogP contribution in [0.2, 0.25) is 0 Å². The molecular formula is C16H13BrClFN2. The van der Waals surface area contributed by atoms with Gasteiger partial charge in [-0.15, -0.1) is 11.6 Å². The Kier molecular flexibility index (Phi) is 4.00. The number of imidazole rings is 1. The molecule has 2 nitrogen and oxygen atoms in total. The van der Waals surface area contributed by atoms with E-state index in [0.29, 0.717) is 12.3 Å². The molecule has 0 spiro atoms. The molecule has 3 rings (SSSR count). The van der Waals surface area contributed by atoms with Crippen LogP contribution < -0.4 is 0 Å². The van der Waals surface area contributed by atoms with Crippen molar-refractivity contribution in [2.45, 2.75) is 13.3 Å². The number of hydrogen-bond donors (Lipinski definition) is 0. The van der Waals surface area contributed by atoms with Gasteiger partial charge in [0, 0.05) is 22.8 Å². The highest BCUT2D eigenvalue weighted by molar-refractivity contribution is 9.10. The van der Waals surface area contributed by atoms with Crippen molar-refractivity contribution >= 4 is 38.6 Å². The molecular weight excluding hydrogens is 355 g/mol. The number of aryl methyl sites for hydroxylation is 2. The van der Waals surface area contributed by atoms with Crippen molar-refractivity contribution in [3.63, 3.8) is 0 Å². The third-order valence-electron chi connectivity index (χ3n) is 3.42. The maximum absolute atomic E-state index is 13.6. The van der Waals surface area contributed by atoms with Crippen molar-refractivity contribution in [1.29, 1.82) is 0 Å². The highest BCUT2D eigenvalue weighted by Gasteiger charge is 2.14. The predicted molar refractivity (Wildman–Crippen MR) is 87.9 cm³/mol. The minimum Gasteiger partial charge on any atom is -0.296 e. The van der Waals surface area contributed by atoms with Crippen molar-refractivity contribution in [3.8, 4) is 5.69 Å². The summed E-state index contributed by atoms with van der Waals surface area (Å²) in [6, 6.07) is 10.7. The van der Waals surface area contributed by atoms with Gasteiger partial charge in [0.25, 0.3) is 0 Å². The topological polar surface area (TPSA) is 17.8 Å². The van der Waals surface area contributed by atoms with Gasteiger partial charge >= 0.3 is 0 Å². The molecule has 108 valence electrons. The molecule has 0 unspecified atom stereocenters. The first-order valence-corrected chi connectivity index (χ1v) is 7.92. The molecule has 2 aromatic carbocycles. The first-order chi connectivity index (χ1) is 10.1. The van der Waals surface area contributed by atoms with Gasteiger partial charge in [0.1, 0.15) is 11.6 Å². The van der Waals surface area contributed by atoms with Crippen molar-refractivity contribution in [1.82, 2.24) is 9.55 Å². The van der Waals surface area contributed by atoms with Crippen molar-refractivity contribution < 1.29 is 4.39 Å². The molecule has 3 aromatic rings. The SMILES string of the molecule is Cc1ccc(Br)cc1-n1c(CCCl)nc2ccc(F)cc21. The minimum absolute atomic E-state index is 0.270. The Labute approximate surface area is 135 Å². The number of benzene rings is 2. The number of rotatable bonds is 3. The van der Waals surface area contributed by atoms with Crippen LogP contribution in [0.15, 0.2) is 40.9 Å². The van der Waals surface area contributed by atoms with Gasteiger partial charge in [-0.2, -0.15) is 0 Å². The second-order valence-electron chi connectivity index (χ2n) is 4.87. The molecule has 1 aromatic heterocycles. The van der Waals surface area contributed by atoms with E-state index in [0.717, 1.165) is 32.6 Å². The van der Waals surface area contributed by atoms with Crippen LogP contribution in [0.25, 0.3) is 16.7 Å². The van der Waals surface area contributed by atoms with Crippen molar-refractivity contribution in [3.05, 3.63) is 58.1 Å². The average Bonchev–Trinajstić information content (AvgIpc) is 2.79. The molecule has 0 bridgehead atoms. The normalized spacial score (nSPS) is 11.2. The van der Waals surface area contributed by atoms with Crippen molar-refractivity contribution in [2.75, 3.05) is 5.88 Å². The zero-order valence-electron chi connectivity index (χ0n) is 11.4. The lowest BCUT2D eigenvalue weighted by Gasteiger charge is -2.12. The molecule has 1 heterocycles. The number of alkyl halides is 1. The van der Waals surface area contributed by atoms with E-state index >= 15 is 0 Å². The van der Waals surface area contributed by atoms with E-state index in [9.17, 15) is 4.39 Å². The first kappa shape index (κ1) is 14.5. The van der Waals surface area contributed by atoms with E-state index < -0.39 is 0 Å². The molecule has 0 fully saturated rings. The van der Waals surface area contributed by atoms with Crippen LogP contribution in [0, 0.1) is 12.7 Å². The van der Waals surface area contributed by atoms with Crippen LogP contribution in [0.1, 0.15) is 11.4 Å². The lowest BCUT2D eigenvalue weighted by atomic mass is 10.2. The summed E-state index contributed by atoms with van der Waals surface area (Å²) in [4.78, 5) is 4.59. The highest BCUT2D eigenvalue weighted by Crippen LogP contribution is 2.27. The molecule has 0 amide bonds. The van der Waals surface area contributed by atoms with E-state index in [1.807, 2.05) is 29.7 Å². The van der Waals surface area contributed by atoms with Crippen molar-refractivity contribution in [2.24, 2.45) is 0 Å². The van der Waals surface area contributed by atoms with E-state index in [4.69, 9.17) is 11.6 Å². The summed E-state index contributed by atoms with van der Waals surface area (Å²) in [6.45, 7) is 2.03. The number of hydrogen-bond acceptors (Lipinski definition) is 1. The molecule has 0 aliphatic rings. The summed E-state index contributed by atoms with van der Waals surface area (Å²) in [7, 11) is 0. The maximum atomic E-state index is 13.6. The van der Waals surface area contributed by atoms with Gasteiger partial charge in [-0.3, -0.25) is 4.57 Å². The third-order valence-corrected chi connectivity index (χ3v) is 4.10. The van der Waals surface area contributed by atoms with Crippen LogP contribution in [-0.4, -0.2) is 15.4 Å². The molecule has 0 N–H and O–H groups in total. The number of fused-ring (bicyclic) bond motifs is 1. The highest BCUT2D eigenvalue weighted by atomic mass is 79.9. The summed E-state index contributed by atoms with van der Waals surface area (Å²) in [5.74, 6) is 1.04. The lowest BCUT2D eigenvalue weighted by molar-refractivity contribution is 0.629. The monoisotopic (exact) mass is 366 g/mol. The fraction of sp³-hybridized carbons (Fsp3) is 0.188. The molecule has 5 heteroatoms. The van der Waals surface area contributed by atoms with Crippen LogP contribution in [0.3, 0.4) is 0 Å². The lowest BCUT2D eigenvalue weighted by Crippen LogP contribution is -2.04. The molecule has 0 aliphatic carbocycles. The van der Waals surface area contributed by atoms with Gasteiger partial charge in [0.2, 0.25) is 0 Å². The van der Waals surface area contributed by atoms with Crippen LogP contribution in [0.4, 0.5) is 4.39 Å². The summed E-state index contributed by atoms with van der Waals surface area (Å²) in [5, 5.41) is 0. The standard InChI is InChI=1S/C16H13BrClFN2/c1-10-2-3-11(17)8-14(10)21-15-9-12(19)4-5-13(15)20-16(21)6-7-18/h2-5,8-9H,6-7H2,1H3. The van der Waals surface area contributed by atoms with Gasteiger partial charge < -0.3 is 0 Å². The molecule has 0 saturated carbocycles. The number of aromatic nitrogens is 2. The fourth-order valence-corrected chi connectivity index (χ4v) is 2.96. The largest absolute Gasteiger partial charge is 0.296 e. The van der Waals surface area contributed by atoms with Gasteiger partial charge in [0.15, 0.2) is 0 Å². The summed E-state index contributed by atoms with van der Waals surface area (Å²) >= 11 is 9.38. The van der Waals surface area contributed by atoms with E-state index in [-0.39, 0.29) is 5.82 Å². The molecule has 0 saturated heterocycles. The summed E-state index contributed by atoms with van der Waals surface area (Å²) < 4.78 is 16.6. The molecule has 0 atom stereocenters. The number of nitrogens with zero attached hydrogens (tertiary/aromatic N) is 2.